The van der Waals surface area contributed by atoms with Crippen LogP contribution in [-0.2, 0) is 9.47 Å². The molecule has 0 spiro atoms. The van der Waals surface area contributed by atoms with Crippen LogP contribution in [0.5, 0.6) is 0 Å². The fourth-order valence-corrected chi connectivity index (χ4v) is 1.18. The molecule has 1 rings (SSSR count). The predicted octanol–water partition coefficient (Wildman–Crippen LogP) is 0.847. The molecule has 1 fully saturated rings. The van der Waals surface area contributed by atoms with Crippen molar-refractivity contribution in [2.45, 2.75) is 39.0 Å². The monoisotopic (exact) mass is 216 g/mol. The van der Waals surface area contributed by atoms with Crippen LogP contribution in [0.15, 0.2) is 0 Å². The van der Waals surface area contributed by atoms with Crippen LogP contribution >= 0.6 is 0 Å². The molecule has 0 atom stereocenters. The number of urea groups is 1. The lowest BCUT2D eigenvalue weighted by atomic mass is 10.6. The molecule has 2 N–H and O–H groups in total. The van der Waals surface area contributed by atoms with Gasteiger partial charge in [-0.1, -0.05) is 0 Å². The normalized spacial score (nSPS) is 15.4. The van der Waals surface area contributed by atoms with E-state index in [1.165, 1.54) is 0 Å². The molecule has 0 bridgehead atoms. The third-order valence-electron chi connectivity index (χ3n) is 2.05. The Balaban J connectivity index is 2.10. The number of rotatable bonds is 7. The maximum Gasteiger partial charge on any atom is 0.315 e. The average molecular weight is 216 g/mol. The number of carbonyl (C=O) groups is 1. The Morgan fingerprint density at radius 2 is 1.93 bits per heavy atom. The van der Waals surface area contributed by atoms with Crippen molar-refractivity contribution >= 4 is 6.03 Å². The highest BCUT2D eigenvalue weighted by atomic mass is 16.7. The summed E-state index contributed by atoms with van der Waals surface area (Å²) in [4.78, 5) is 11.3. The highest BCUT2D eigenvalue weighted by Crippen LogP contribution is 2.18. The highest BCUT2D eigenvalue weighted by Gasteiger charge is 2.23. The van der Waals surface area contributed by atoms with Gasteiger partial charge in [0.1, 0.15) is 0 Å². The Morgan fingerprint density at radius 3 is 2.40 bits per heavy atom. The summed E-state index contributed by atoms with van der Waals surface area (Å²) in [6.45, 7) is 5.35. The van der Waals surface area contributed by atoms with E-state index in [0.717, 1.165) is 12.8 Å². The summed E-state index contributed by atoms with van der Waals surface area (Å²) in [6.07, 6.45) is 1.84. The van der Waals surface area contributed by atoms with Gasteiger partial charge in [0.05, 0.1) is 6.54 Å². The number of carbonyl (C=O) groups excluding carboxylic acids is 1. The van der Waals surface area contributed by atoms with E-state index in [1.807, 2.05) is 13.8 Å². The Labute approximate surface area is 90.5 Å². The summed E-state index contributed by atoms with van der Waals surface area (Å²) in [7, 11) is 0. The summed E-state index contributed by atoms with van der Waals surface area (Å²) in [5, 5.41) is 5.56. The van der Waals surface area contributed by atoms with Gasteiger partial charge in [0.15, 0.2) is 6.29 Å². The second-order valence-electron chi connectivity index (χ2n) is 3.47. The average Bonchev–Trinajstić information content (AvgIpc) is 2.99. The number of nitrogens with one attached hydrogen (secondary N) is 2. The number of hydrogen-bond acceptors (Lipinski definition) is 3. The smallest absolute Gasteiger partial charge is 0.315 e. The molecule has 0 radical (unpaired) electrons. The molecule has 5 nitrogen and oxygen atoms in total. The van der Waals surface area contributed by atoms with Crippen LogP contribution in [0.4, 0.5) is 4.79 Å². The molecule has 0 unspecified atom stereocenters. The maximum atomic E-state index is 11.3. The van der Waals surface area contributed by atoms with E-state index in [-0.39, 0.29) is 12.3 Å². The second kappa shape index (κ2) is 6.63. The van der Waals surface area contributed by atoms with Crippen LogP contribution in [-0.4, -0.2) is 38.1 Å². The Hall–Kier alpha value is -0.810. The first kappa shape index (κ1) is 12.3. The standard InChI is InChI=1S/C10H20N2O3/c1-3-14-9(15-4-2)7-11-10(13)12-8-5-6-8/h8-9H,3-7H2,1-2H3,(H2,11,12,13). The zero-order valence-corrected chi connectivity index (χ0v) is 9.41. The summed E-state index contributed by atoms with van der Waals surface area (Å²) in [6, 6.07) is 0.240. The minimum Gasteiger partial charge on any atom is -0.351 e. The van der Waals surface area contributed by atoms with Crippen molar-refractivity contribution in [1.82, 2.24) is 10.6 Å². The summed E-state index contributed by atoms with van der Waals surface area (Å²) < 4.78 is 10.6. The van der Waals surface area contributed by atoms with Crippen molar-refractivity contribution in [3.63, 3.8) is 0 Å². The van der Waals surface area contributed by atoms with Crippen molar-refractivity contribution in [3.05, 3.63) is 0 Å². The molecule has 1 aliphatic rings. The zero-order chi connectivity index (χ0) is 11.1. The molecule has 0 heterocycles. The highest BCUT2D eigenvalue weighted by molar-refractivity contribution is 5.74. The van der Waals surface area contributed by atoms with Gasteiger partial charge >= 0.3 is 6.03 Å². The molecule has 0 aliphatic heterocycles. The molecule has 88 valence electrons. The van der Waals surface area contributed by atoms with Gasteiger partial charge in [-0.15, -0.1) is 0 Å². The molecule has 2 amide bonds. The second-order valence-corrected chi connectivity index (χ2v) is 3.47. The lowest BCUT2D eigenvalue weighted by Gasteiger charge is -2.17. The fraction of sp³-hybridized carbons (Fsp3) is 0.900. The fourth-order valence-electron chi connectivity index (χ4n) is 1.18. The van der Waals surface area contributed by atoms with Crippen molar-refractivity contribution < 1.29 is 14.3 Å². The maximum absolute atomic E-state index is 11.3. The Morgan fingerprint density at radius 1 is 1.33 bits per heavy atom. The first-order valence-electron chi connectivity index (χ1n) is 5.53. The van der Waals surface area contributed by atoms with E-state index >= 15 is 0 Å². The molecule has 0 aromatic carbocycles. The third-order valence-corrected chi connectivity index (χ3v) is 2.05. The van der Waals surface area contributed by atoms with Gasteiger partial charge in [-0.25, -0.2) is 4.79 Å². The van der Waals surface area contributed by atoms with Crippen LogP contribution in [0.3, 0.4) is 0 Å². The molecular formula is C10H20N2O3. The van der Waals surface area contributed by atoms with E-state index in [2.05, 4.69) is 10.6 Å². The minimum atomic E-state index is -0.343. The van der Waals surface area contributed by atoms with Crippen molar-refractivity contribution in [2.75, 3.05) is 19.8 Å². The third kappa shape index (κ3) is 5.59. The molecule has 0 saturated heterocycles. The van der Waals surface area contributed by atoms with E-state index < -0.39 is 0 Å². The lowest BCUT2D eigenvalue weighted by molar-refractivity contribution is -0.131. The lowest BCUT2D eigenvalue weighted by Crippen LogP contribution is -2.42. The number of amides is 2. The zero-order valence-electron chi connectivity index (χ0n) is 9.41. The molecule has 0 aromatic heterocycles. The van der Waals surface area contributed by atoms with Crippen LogP contribution in [0.25, 0.3) is 0 Å². The Kier molecular flexibility index (Phi) is 5.42. The molecular weight excluding hydrogens is 196 g/mol. The summed E-state index contributed by atoms with van der Waals surface area (Å²) in [5.41, 5.74) is 0. The van der Waals surface area contributed by atoms with Crippen molar-refractivity contribution in [2.24, 2.45) is 0 Å². The molecule has 1 aliphatic carbocycles. The number of hydrogen-bond donors (Lipinski definition) is 2. The SMILES string of the molecule is CCOC(CNC(=O)NC1CC1)OCC. The molecule has 0 aromatic rings. The summed E-state index contributed by atoms with van der Waals surface area (Å²) >= 11 is 0. The first-order valence-corrected chi connectivity index (χ1v) is 5.53. The van der Waals surface area contributed by atoms with E-state index in [9.17, 15) is 4.79 Å². The van der Waals surface area contributed by atoms with Crippen molar-refractivity contribution in [1.29, 1.82) is 0 Å². The Bertz CT molecular complexity index is 189. The van der Waals surface area contributed by atoms with Gasteiger partial charge in [0.25, 0.3) is 0 Å². The van der Waals surface area contributed by atoms with Crippen LogP contribution in [0, 0.1) is 0 Å². The minimum absolute atomic E-state index is 0.137. The summed E-state index contributed by atoms with van der Waals surface area (Å²) in [5.74, 6) is 0. The largest absolute Gasteiger partial charge is 0.351 e. The quantitative estimate of drug-likeness (QED) is 0.620. The van der Waals surface area contributed by atoms with Gasteiger partial charge in [0, 0.05) is 19.3 Å². The molecule has 1 saturated carbocycles. The van der Waals surface area contributed by atoms with Gasteiger partial charge in [-0.3, -0.25) is 0 Å². The van der Waals surface area contributed by atoms with Crippen LogP contribution in [0.1, 0.15) is 26.7 Å². The van der Waals surface area contributed by atoms with Crippen molar-refractivity contribution in [3.8, 4) is 0 Å². The van der Waals surface area contributed by atoms with E-state index in [4.69, 9.17) is 9.47 Å². The van der Waals surface area contributed by atoms with Crippen LogP contribution < -0.4 is 10.6 Å². The van der Waals surface area contributed by atoms with Gasteiger partial charge in [-0.2, -0.15) is 0 Å². The number of ether oxygens (including phenoxy) is 2. The van der Waals surface area contributed by atoms with Gasteiger partial charge < -0.3 is 20.1 Å². The van der Waals surface area contributed by atoms with Crippen LogP contribution in [0.2, 0.25) is 0 Å². The first-order chi connectivity index (χ1) is 7.26. The molecule has 15 heavy (non-hydrogen) atoms. The predicted molar refractivity (Wildman–Crippen MR) is 56.6 cm³/mol. The van der Waals surface area contributed by atoms with E-state index in [1.54, 1.807) is 0 Å². The van der Waals surface area contributed by atoms with Gasteiger partial charge in [0.2, 0.25) is 0 Å². The van der Waals surface area contributed by atoms with E-state index in [0.29, 0.717) is 25.8 Å². The topological polar surface area (TPSA) is 59.6 Å². The van der Waals surface area contributed by atoms with Gasteiger partial charge in [-0.05, 0) is 26.7 Å². The molecule has 5 heteroatoms.